The fourth-order valence-corrected chi connectivity index (χ4v) is 2.24. The van der Waals surface area contributed by atoms with Crippen molar-refractivity contribution < 1.29 is 4.74 Å². The Bertz CT molecular complexity index is 283. The van der Waals surface area contributed by atoms with E-state index in [4.69, 9.17) is 4.74 Å². The van der Waals surface area contributed by atoms with Crippen LogP contribution >= 0.6 is 0 Å². The highest BCUT2D eigenvalue weighted by atomic mass is 16.5. The zero-order valence-corrected chi connectivity index (χ0v) is 6.97. The summed E-state index contributed by atoms with van der Waals surface area (Å²) >= 11 is 0. The van der Waals surface area contributed by atoms with Crippen molar-refractivity contribution in [1.82, 2.24) is 0 Å². The van der Waals surface area contributed by atoms with E-state index in [0.29, 0.717) is 17.8 Å². The minimum Gasteiger partial charge on any atom is -0.484 e. The van der Waals surface area contributed by atoms with Crippen LogP contribution in [0.4, 0.5) is 0 Å². The molecule has 2 aliphatic heterocycles. The molecule has 4 aliphatic rings. The van der Waals surface area contributed by atoms with Crippen LogP contribution in [0.15, 0.2) is 29.3 Å². The second-order valence-corrected chi connectivity index (χ2v) is 3.61. The van der Waals surface area contributed by atoms with Gasteiger partial charge in [-0.05, 0) is 11.8 Å². The summed E-state index contributed by atoms with van der Waals surface area (Å²) in [7, 11) is 1.72. The maximum absolute atomic E-state index is 5.28. The van der Waals surface area contributed by atoms with Crippen molar-refractivity contribution in [2.24, 2.45) is 22.7 Å². The van der Waals surface area contributed by atoms with Gasteiger partial charge < -0.3 is 4.74 Å². The van der Waals surface area contributed by atoms with Crippen LogP contribution in [0.3, 0.4) is 0 Å². The fourth-order valence-electron chi connectivity index (χ4n) is 2.24. The van der Waals surface area contributed by atoms with Gasteiger partial charge in [-0.1, -0.05) is 24.3 Å². The third-order valence-electron chi connectivity index (χ3n) is 2.96. The van der Waals surface area contributed by atoms with Crippen molar-refractivity contribution >= 4 is 5.90 Å². The van der Waals surface area contributed by atoms with E-state index in [9.17, 15) is 0 Å². The Hall–Kier alpha value is -1.05. The maximum Gasteiger partial charge on any atom is 0.188 e. The minimum atomic E-state index is 0.236. The van der Waals surface area contributed by atoms with Gasteiger partial charge in [-0.25, -0.2) is 4.99 Å². The molecule has 2 heteroatoms. The summed E-state index contributed by atoms with van der Waals surface area (Å²) in [5, 5.41) is 0. The van der Waals surface area contributed by atoms with E-state index < -0.39 is 0 Å². The van der Waals surface area contributed by atoms with E-state index in [0.717, 1.165) is 5.90 Å². The zero-order chi connectivity index (χ0) is 8.13. The number of hydrogen-bond donors (Lipinski definition) is 0. The van der Waals surface area contributed by atoms with Crippen molar-refractivity contribution in [2.45, 2.75) is 6.04 Å². The van der Waals surface area contributed by atoms with Gasteiger partial charge in [0, 0.05) is 5.92 Å². The van der Waals surface area contributed by atoms with Gasteiger partial charge in [0.05, 0.1) is 13.2 Å². The van der Waals surface area contributed by atoms with Crippen molar-refractivity contribution in [3.05, 3.63) is 24.3 Å². The van der Waals surface area contributed by atoms with Gasteiger partial charge >= 0.3 is 0 Å². The van der Waals surface area contributed by atoms with Crippen molar-refractivity contribution in [2.75, 3.05) is 7.11 Å². The highest BCUT2D eigenvalue weighted by Crippen LogP contribution is 2.52. The molecule has 1 saturated carbocycles. The van der Waals surface area contributed by atoms with Gasteiger partial charge in [-0.2, -0.15) is 0 Å². The second kappa shape index (κ2) is 2.00. The van der Waals surface area contributed by atoms with Crippen LogP contribution in [0.1, 0.15) is 0 Å². The summed E-state index contributed by atoms with van der Waals surface area (Å²) in [5.41, 5.74) is 0. The van der Waals surface area contributed by atoms with Crippen molar-refractivity contribution in [3.8, 4) is 0 Å². The smallest absolute Gasteiger partial charge is 0.188 e. The average molecular weight is 161 g/mol. The van der Waals surface area contributed by atoms with E-state index >= 15 is 0 Å². The van der Waals surface area contributed by atoms with Crippen LogP contribution in [-0.4, -0.2) is 19.0 Å². The van der Waals surface area contributed by atoms with E-state index in [1.807, 2.05) is 0 Å². The predicted octanol–water partition coefficient (Wildman–Crippen LogP) is 1.40. The van der Waals surface area contributed by atoms with Crippen molar-refractivity contribution in [1.29, 1.82) is 0 Å². The Morgan fingerprint density at radius 2 is 1.83 bits per heavy atom. The summed E-state index contributed by atoms with van der Waals surface area (Å²) < 4.78 is 5.28. The zero-order valence-electron chi connectivity index (χ0n) is 6.97. The average Bonchev–Trinajstić information content (AvgIpc) is 2.82. The molecule has 0 aromatic carbocycles. The SMILES string of the molecule is COC1=NC2C=C[C@@H]3C1[C@H]3C=C2. The molecule has 0 N–H and O–H groups in total. The molecule has 62 valence electrons. The van der Waals surface area contributed by atoms with Gasteiger partial charge in [-0.3, -0.25) is 0 Å². The quantitative estimate of drug-likeness (QED) is 0.492. The summed E-state index contributed by atoms with van der Waals surface area (Å²) in [5.74, 6) is 2.85. The molecule has 2 heterocycles. The standard InChI is InChI=1S/C10H11NO/c1-12-10-9-7-4-2-6(11-10)3-5-8(7)9/h2-9H,1H3/t6?,7-,8-,9?/m0/s1. The molecule has 0 saturated heterocycles. The van der Waals surface area contributed by atoms with E-state index in [1.165, 1.54) is 0 Å². The number of ether oxygens (including phenoxy) is 1. The Kier molecular flexibility index (Phi) is 1.08. The van der Waals surface area contributed by atoms with Crippen LogP contribution in [0.25, 0.3) is 0 Å². The Balaban J connectivity index is 2.07. The lowest BCUT2D eigenvalue weighted by Gasteiger charge is -2.03. The molecule has 4 bridgehead atoms. The van der Waals surface area contributed by atoms with Gasteiger partial charge in [0.15, 0.2) is 5.90 Å². The van der Waals surface area contributed by atoms with Gasteiger partial charge in [0.1, 0.15) is 0 Å². The molecule has 0 amide bonds. The van der Waals surface area contributed by atoms with Crippen LogP contribution in [0, 0.1) is 17.8 Å². The second-order valence-electron chi connectivity index (χ2n) is 3.61. The fraction of sp³-hybridized carbons (Fsp3) is 0.500. The molecule has 0 aromatic rings. The van der Waals surface area contributed by atoms with Crippen LogP contribution in [-0.2, 0) is 4.74 Å². The lowest BCUT2D eigenvalue weighted by molar-refractivity contribution is 0.382. The summed E-state index contributed by atoms with van der Waals surface area (Å²) in [6.07, 6.45) is 8.92. The van der Waals surface area contributed by atoms with Crippen LogP contribution < -0.4 is 0 Å². The molecule has 2 atom stereocenters. The first kappa shape index (κ1) is 6.46. The van der Waals surface area contributed by atoms with Crippen LogP contribution in [0.2, 0.25) is 0 Å². The number of allylic oxidation sites excluding steroid dienone is 2. The first-order chi connectivity index (χ1) is 5.90. The monoisotopic (exact) mass is 161 g/mol. The topological polar surface area (TPSA) is 21.6 Å². The van der Waals surface area contributed by atoms with E-state index in [-0.39, 0.29) is 6.04 Å². The number of hydrogen-bond acceptors (Lipinski definition) is 2. The molecule has 12 heavy (non-hydrogen) atoms. The lowest BCUT2D eigenvalue weighted by atomic mass is 10.2. The van der Waals surface area contributed by atoms with E-state index in [1.54, 1.807) is 7.11 Å². The van der Waals surface area contributed by atoms with Gasteiger partial charge in [0.25, 0.3) is 0 Å². The first-order valence-electron chi connectivity index (χ1n) is 4.38. The highest BCUT2D eigenvalue weighted by molar-refractivity contribution is 5.84. The summed E-state index contributed by atoms with van der Waals surface area (Å²) in [4.78, 5) is 4.50. The first-order valence-corrected chi connectivity index (χ1v) is 4.38. The molecule has 4 rings (SSSR count). The molecular weight excluding hydrogens is 150 g/mol. The molecule has 2 aliphatic carbocycles. The highest BCUT2D eigenvalue weighted by Gasteiger charge is 2.53. The number of nitrogens with zero attached hydrogens (tertiary/aromatic N) is 1. The molecule has 1 fully saturated rings. The van der Waals surface area contributed by atoms with Gasteiger partial charge in [-0.15, -0.1) is 0 Å². The molecule has 0 radical (unpaired) electrons. The number of rotatable bonds is 0. The maximum atomic E-state index is 5.28. The summed E-state index contributed by atoms with van der Waals surface area (Å²) in [6.45, 7) is 0. The Morgan fingerprint density at radius 3 is 2.42 bits per heavy atom. The molecular formula is C10H11NO. The molecule has 0 spiro atoms. The van der Waals surface area contributed by atoms with E-state index in [2.05, 4.69) is 29.3 Å². The Morgan fingerprint density at radius 1 is 1.17 bits per heavy atom. The lowest BCUT2D eigenvalue weighted by Crippen LogP contribution is -2.07. The molecule has 0 unspecified atom stereocenters. The Labute approximate surface area is 71.6 Å². The summed E-state index contributed by atoms with van der Waals surface area (Å²) in [6, 6.07) is 0.236. The van der Waals surface area contributed by atoms with Crippen molar-refractivity contribution in [3.63, 3.8) is 0 Å². The number of aliphatic imine (C=N–C) groups is 1. The third-order valence-corrected chi connectivity index (χ3v) is 2.96. The normalized spacial score (nSPS) is 46.6. The minimum absolute atomic E-state index is 0.236. The number of methoxy groups -OCH3 is 1. The predicted molar refractivity (Wildman–Crippen MR) is 47.0 cm³/mol. The molecule has 2 nitrogen and oxygen atoms in total. The van der Waals surface area contributed by atoms with Gasteiger partial charge in [0.2, 0.25) is 0 Å². The van der Waals surface area contributed by atoms with Crippen LogP contribution in [0.5, 0.6) is 0 Å². The third kappa shape index (κ3) is 0.675. The molecule has 0 aromatic heterocycles. The largest absolute Gasteiger partial charge is 0.484 e.